The van der Waals surface area contributed by atoms with Gasteiger partial charge in [-0.25, -0.2) is 5.48 Å². The Labute approximate surface area is 126 Å². The summed E-state index contributed by atoms with van der Waals surface area (Å²) >= 11 is 1.08. The van der Waals surface area contributed by atoms with Crippen LogP contribution >= 0.6 is 11.8 Å². The van der Waals surface area contributed by atoms with Crippen LogP contribution in [-0.2, 0) is 11.3 Å². The van der Waals surface area contributed by atoms with E-state index in [2.05, 4.69) is 0 Å². The number of imide groups is 1. The van der Waals surface area contributed by atoms with Crippen LogP contribution in [0.15, 0.2) is 24.3 Å². The quantitative estimate of drug-likeness (QED) is 0.643. The van der Waals surface area contributed by atoms with Gasteiger partial charge in [0.2, 0.25) is 5.91 Å². The van der Waals surface area contributed by atoms with Gasteiger partial charge in [-0.05, 0) is 24.1 Å². The largest absolute Gasteiger partial charge is 0.289 e. The number of hydrogen-bond donors (Lipinski definition) is 2. The molecule has 0 aromatic heterocycles. The lowest BCUT2D eigenvalue weighted by molar-refractivity contribution is -0.127. The maximum Gasteiger partial charge on any atom is 0.289 e. The van der Waals surface area contributed by atoms with Gasteiger partial charge in [0, 0.05) is 5.56 Å². The van der Waals surface area contributed by atoms with Crippen LogP contribution in [0.3, 0.4) is 0 Å². The number of hydrogen-bond acceptors (Lipinski definition) is 5. The maximum atomic E-state index is 12.1. The van der Waals surface area contributed by atoms with Crippen molar-refractivity contribution in [3.05, 3.63) is 35.4 Å². The highest BCUT2D eigenvalue weighted by molar-refractivity contribution is 8.15. The number of thioether (sulfide) groups is 1. The summed E-state index contributed by atoms with van der Waals surface area (Å²) < 4.78 is 0. The number of amides is 3. The molecule has 0 aliphatic carbocycles. The minimum Gasteiger partial charge on any atom is -0.288 e. The number of carbonyl (C=O) groups is 3. The average Bonchev–Trinajstić information content (AvgIpc) is 2.75. The first kappa shape index (κ1) is 15.5. The van der Waals surface area contributed by atoms with Crippen LogP contribution in [0, 0.1) is 0 Å². The van der Waals surface area contributed by atoms with E-state index < -0.39 is 5.91 Å². The van der Waals surface area contributed by atoms with E-state index in [1.165, 1.54) is 17.0 Å². The van der Waals surface area contributed by atoms with Crippen molar-refractivity contribution in [2.45, 2.75) is 31.6 Å². The van der Waals surface area contributed by atoms with Gasteiger partial charge in [0.05, 0.1) is 11.8 Å². The summed E-state index contributed by atoms with van der Waals surface area (Å²) in [6.45, 7) is 2.18. The molecule has 1 aromatic rings. The first-order chi connectivity index (χ1) is 10.1. The molecule has 1 aliphatic heterocycles. The lowest BCUT2D eigenvalue weighted by Gasteiger charge is -2.14. The molecule has 1 aromatic carbocycles. The van der Waals surface area contributed by atoms with Crippen LogP contribution < -0.4 is 5.48 Å². The second kappa shape index (κ2) is 6.73. The fraction of sp³-hybridized carbons (Fsp3) is 0.357. The van der Waals surface area contributed by atoms with Gasteiger partial charge in [0.1, 0.15) is 0 Å². The van der Waals surface area contributed by atoms with Gasteiger partial charge < -0.3 is 0 Å². The molecule has 1 saturated heterocycles. The topological polar surface area (TPSA) is 86.7 Å². The highest BCUT2D eigenvalue weighted by atomic mass is 32.2. The molecular formula is C14H16N2O4S. The lowest BCUT2D eigenvalue weighted by Crippen LogP contribution is -2.31. The Morgan fingerprint density at radius 2 is 2.00 bits per heavy atom. The van der Waals surface area contributed by atoms with Crippen molar-refractivity contribution < 1.29 is 19.6 Å². The molecular weight excluding hydrogens is 292 g/mol. The van der Waals surface area contributed by atoms with Crippen molar-refractivity contribution in [1.29, 1.82) is 0 Å². The third kappa shape index (κ3) is 3.43. The molecule has 1 unspecified atom stereocenters. The molecule has 7 heteroatoms. The minimum absolute atomic E-state index is 0.149. The van der Waals surface area contributed by atoms with Crippen LogP contribution in [-0.4, -0.2) is 32.4 Å². The zero-order chi connectivity index (χ0) is 15.4. The van der Waals surface area contributed by atoms with Gasteiger partial charge in [-0.2, -0.15) is 0 Å². The number of carbonyl (C=O) groups excluding carboxylic acids is 3. The highest BCUT2D eigenvalue weighted by Crippen LogP contribution is 2.31. The van der Waals surface area contributed by atoms with Crippen molar-refractivity contribution in [2.75, 3.05) is 0 Å². The van der Waals surface area contributed by atoms with Crippen LogP contribution in [0.5, 0.6) is 0 Å². The van der Waals surface area contributed by atoms with E-state index >= 15 is 0 Å². The molecule has 0 spiro atoms. The zero-order valence-electron chi connectivity index (χ0n) is 11.5. The minimum atomic E-state index is -0.603. The third-order valence-corrected chi connectivity index (χ3v) is 4.36. The summed E-state index contributed by atoms with van der Waals surface area (Å²) in [5, 5.41) is 8.03. The Hall–Kier alpha value is -1.86. The summed E-state index contributed by atoms with van der Waals surface area (Å²) in [7, 11) is 0. The fourth-order valence-corrected chi connectivity index (χ4v) is 3.20. The monoisotopic (exact) mass is 308 g/mol. The number of hydroxylamine groups is 1. The highest BCUT2D eigenvalue weighted by Gasteiger charge is 2.38. The van der Waals surface area contributed by atoms with Crippen LogP contribution in [0.4, 0.5) is 4.79 Å². The Morgan fingerprint density at radius 1 is 1.33 bits per heavy atom. The molecule has 0 bridgehead atoms. The van der Waals surface area contributed by atoms with Gasteiger partial charge >= 0.3 is 0 Å². The fourth-order valence-electron chi connectivity index (χ4n) is 2.10. The van der Waals surface area contributed by atoms with Crippen LogP contribution in [0.2, 0.25) is 0 Å². The predicted octanol–water partition coefficient (Wildman–Crippen LogP) is 2.17. The van der Waals surface area contributed by atoms with Gasteiger partial charge in [0.15, 0.2) is 0 Å². The summed E-state index contributed by atoms with van der Waals surface area (Å²) in [5.74, 6) is -0.752. The molecule has 1 heterocycles. The summed E-state index contributed by atoms with van der Waals surface area (Å²) in [6, 6.07) is 6.37. The van der Waals surface area contributed by atoms with E-state index in [-0.39, 0.29) is 22.9 Å². The van der Waals surface area contributed by atoms with Crippen molar-refractivity contribution in [1.82, 2.24) is 10.4 Å². The number of nitrogens with zero attached hydrogens (tertiary/aromatic N) is 1. The lowest BCUT2D eigenvalue weighted by atomic mass is 10.1. The van der Waals surface area contributed by atoms with Gasteiger partial charge in [-0.3, -0.25) is 24.5 Å². The normalized spacial score (nSPS) is 18.2. The van der Waals surface area contributed by atoms with Crippen molar-refractivity contribution in [3.63, 3.8) is 0 Å². The molecule has 2 rings (SSSR count). The summed E-state index contributed by atoms with van der Waals surface area (Å²) in [4.78, 5) is 36.4. The van der Waals surface area contributed by atoms with E-state index in [9.17, 15) is 14.4 Å². The Kier molecular flexibility index (Phi) is 4.98. The molecule has 21 heavy (non-hydrogen) atoms. The van der Waals surface area contributed by atoms with E-state index in [4.69, 9.17) is 5.21 Å². The van der Waals surface area contributed by atoms with Crippen molar-refractivity contribution in [2.24, 2.45) is 0 Å². The number of benzene rings is 1. The van der Waals surface area contributed by atoms with E-state index in [1.807, 2.05) is 6.92 Å². The zero-order valence-corrected chi connectivity index (χ0v) is 12.4. The van der Waals surface area contributed by atoms with E-state index in [0.717, 1.165) is 23.7 Å². The second-order valence-electron chi connectivity index (χ2n) is 4.72. The Balaban J connectivity index is 2.06. The third-order valence-electron chi connectivity index (χ3n) is 3.21. The van der Waals surface area contributed by atoms with Crippen molar-refractivity contribution in [3.8, 4) is 0 Å². The molecule has 6 nitrogen and oxygen atoms in total. The SMILES string of the molecule is CCCC1SC(=O)N(Cc2ccc(C(=O)NO)cc2)C1=O. The summed E-state index contributed by atoms with van der Waals surface area (Å²) in [5.41, 5.74) is 2.60. The molecule has 3 amide bonds. The standard InChI is InChI=1S/C14H16N2O4S/c1-2-3-11-13(18)16(14(19)21-11)8-9-4-6-10(7-5-9)12(17)15-20/h4-7,11,20H,2-3,8H2,1H3,(H,15,17). The van der Waals surface area contributed by atoms with Gasteiger partial charge in [0.25, 0.3) is 11.1 Å². The Morgan fingerprint density at radius 3 is 2.57 bits per heavy atom. The molecule has 0 radical (unpaired) electrons. The van der Waals surface area contributed by atoms with Crippen molar-refractivity contribution >= 4 is 28.8 Å². The molecule has 1 aliphatic rings. The maximum absolute atomic E-state index is 12.1. The van der Waals surface area contributed by atoms with Gasteiger partial charge in [-0.15, -0.1) is 0 Å². The van der Waals surface area contributed by atoms with E-state index in [0.29, 0.717) is 12.0 Å². The predicted molar refractivity (Wildman–Crippen MR) is 77.9 cm³/mol. The first-order valence-corrected chi connectivity index (χ1v) is 7.50. The number of nitrogens with one attached hydrogen (secondary N) is 1. The van der Waals surface area contributed by atoms with Crippen LogP contribution in [0.1, 0.15) is 35.7 Å². The first-order valence-electron chi connectivity index (χ1n) is 6.62. The van der Waals surface area contributed by atoms with Crippen LogP contribution in [0.25, 0.3) is 0 Å². The molecule has 1 fully saturated rings. The molecule has 2 N–H and O–H groups in total. The van der Waals surface area contributed by atoms with E-state index in [1.54, 1.807) is 17.6 Å². The smallest absolute Gasteiger partial charge is 0.288 e. The number of rotatable bonds is 5. The Bertz CT molecular complexity index is 559. The molecule has 1 atom stereocenters. The second-order valence-corrected chi connectivity index (χ2v) is 5.88. The molecule has 0 saturated carbocycles. The molecule has 112 valence electrons. The average molecular weight is 308 g/mol. The van der Waals surface area contributed by atoms with Gasteiger partial charge in [-0.1, -0.05) is 37.2 Å². The summed E-state index contributed by atoms with van der Waals surface area (Å²) in [6.07, 6.45) is 1.55.